The lowest BCUT2D eigenvalue weighted by Gasteiger charge is -2.19. The largest absolute Gasteiger partial charge is 0.461 e. The molecule has 0 saturated carbocycles. The van der Waals surface area contributed by atoms with E-state index in [4.69, 9.17) is 10.5 Å². The SMILES string of the molecule is NC(CC(=O)OCc1ccccc1)C(=O)N1Cc2ccccc2C1. The van der Waals surface area contributed by atoms with Crippen molar-refractivity contribution in [1.82, 2.24) is 4.90 Å². The Labute approximate surface area is 141 Å². The molecule has 124 valence electrons. The molecule has 5 heteroatoms. The van der Waals surface area contributed by atoms with Gasteiger partial charge in [-0.05, 0) is 16.7 Å². The summed E-state index contributed by atoms with van der Waals surface area (Å²) in [4.78, 5) is 26.0. The van der Waals surface area contributed by atoms with Crippen LogP contribution in [0.2, 0.25) is 0 Å². The molecule has 2 aromatic rings. The molecule has 0 saturated heterocycles. The lowest BCUT2D eigenvalue weighted by atomic mass is 10.1. The summed E-state index contributed by atoms with van der Waals surface area (Å²) < 4.78 is 5.18. The first kappa shape index (κ1) is 16.2. The predicted molar refractivity (Wildman–Crippen MR) is 89.5 cm³/mol. The van der Waals surface area contributed by atoms with Crippen LogP contribution in [0.5, 0.6) is 0 Å². The Balaban J connectivity index is 1.49. The van der Waals surface area contributed by atoms with Crippen LogP contribution in [0.4, 0.5) is 0 Å². The number of nitrogens with two attached hydrogens (primary N) is 1. The van der Waals surface area contributed by atoms with Crippen LogP contribution in [-0.2, 0) is 34.0 Å². The molecule has 3 rings (SSSR count). The molecule has 2 aromatic carbocycles. The molecule has 1 aliphatic heterocycles. The average Bonchev–Trinajstić information content (AvgIpc) is 3.04. The van der Waals surface area contributed by atoms with Gasteiger partial charge in [-0.3, -0.25) is 9.59 Å². The van der Waals surface area contributed by atoms with E-state index in [2.05, 4.69) is 0 Å². The highest BCUT2D eigenvalue weighted by Crippen LogP contribution is 2.22. The fourth-order valence-corrected chi connectivity index (χ4v) is 2.79. The van der Waals surface area contributed by atoms with Crippen LogP contribution in [0.15, 0.2) is 54.6 Å². The maximum atomic E-state index is 12.4. The van der Waals surface area contributed by atoms with E-state index in [0.29, 0.717) is 13.1 Å². The third kappa shape index (κ3) is 3.81. The lowest BCUT2D eigenvalue weighted by molar-refractivity contribution is -0.148. The number of nitrogens with zero attached hydrogens (tertiary/aromatic N) is 1. The number of ether oxygens (including phenoxy) is 1. The van der Waals surface area contributed by atoms with Gasteiger partial charge in [0.25, 0.3) is 0 Å². The number of carbonyl (C=O) groups is 2. The Morgan fingerprint density at radius 3 is 2.21 bits per heavy atom. The number of benzene rings is 2. The number of hydrogen-bond donors (Lipinski definition) is 1. The first-order valence-corrected chi connectivity index (χ1v) is 7.94. The van der Waals surface area contributed by atoms with Crippen LogP contribution >= 0.6 is 0 Å². The second-order valence-corrected chi connectivity index (χ2v) is 5.92. The summed E-state index contributed by atoms with van der Waals surface area (Å²) in [5, 5.41) is 0. The second kappa shape index (κ2) is 7.27. The molecular formula is C19H20N2O3. The van der Waals surface area contributed by atoms with Crippen molar-refractivity contribution in [3.05, 3.63) is 71.3 Å². The molecule has 1 amide bonds. The van der Waals surface area contributed by atoms with E-state index < -0.39 is 12.0 Å². The smallest absolute Gasteiger partial charge is 0.308 e. The molecule has 1 atom stereocenters. The molecule has 0 radical (unpaired) electrons. The molecule has 0 aliphatic carbocycles. The lowest BCUT2D eigenvalue weighted by Crippen LogP contribution is -2.42. The quantitative estimate of drug-likeness (QED) is 0.854. The van der Waals surface area contributed by atoms with Crippen LogP contribution in [0.25, 0.3) is 0 Å². The molecular weight excluding hydrogens is 304 g/mol. The number of amides is 1. The number of fused-ring (bicyclic) bond motifs is 1. The molecule has 1 unspecified atom stereocenters. The van der Waals surface area contributed by atoms with Gasteiger partial charge in [0.15, 0.2) is 0 Å². The Morgan fingerprint density at radius 2 is 1.58 bits per heavy atom. The van der Waals surface area contributed by atoms with Gasteiger partial charge >= 0.3 is 5.97 Å². The van der Waals surface area contributed by atoms with Crippen LogP contribution in [0.3, 0.4) is 0 Å². The third-order valence-electron chi connectivity index (χ3n) is 4.10. The van der Waals surface area contributed by atoms with E-state index >= 15 is 0 Å². The highest BCUT2D eigenvalue weighted by atomic mass is 16.5. The van der Waals surface area contributed by atoms with Gasteiger partial charge in [-0.2, -0.15) is 0 Å². The first-order valence-electron chi connectivity index (χ1n) is 7.94. The van der Waals surface area contributed by atoms with E-state index in [1.54, 1.807) is 4.90 Å². The van der Waals surface area contributed by atoms with Crippen LogP contribution < -0.4 is 5.73 Å². The van der Waals surface area contributed by atoms with Gasteiger partial charge in [0.05, 0.1) is 12.5 Å². The van der Waals surface area contributed by atoms with Crippen molar-refractivity contribution in [2.24, 2.45) is 5.73 Å². The highest BCUT2D eigenvalue weighted by molar-refractivity contribution is 5.86. The molecule has 0 bridgehead atoms. The van der Waals surface area contributed by atoms with E-state index in [1.165, 1.54) is 0 Å². The zero-order valence-electron chi connectivity index (χ0n) is 13.4. The summed E-state index contributed by atoms with van der Waals surface area (Å²) in [5.74, 6) is -0.681. The summed E-state index contributed by atoms with van der Waals surface area (Å²) >= 11 is 0. The van der Waals surface area contributed by atoms with Gasteiger partial charge in [-0.25, -0.2) is 0 Å². The maximum Gasteiger partial charge on any atom is 0.308 e. The molecule has 5 nitrogen and oxygen atoms in total. The van der Waals surface area contributed by atoms with Crippen molar-refractivity contribution in [1.29, 1.82) is 0 Å². The zero-order valence-corrected chi connectivity index (χ0v) is 13.4. The van der Waals surface area contributed by atoms with E-state index in [1.807, 2.05) is 54.6 Å². The van der Waals surface area contributed by atoms with Gasteiger partial charge in [0, 0.05) is 13.1 Å². The fraction of sp³-hybridized carbons (Fsp3) is 0.263. The standard InChI is InChI=1S/C19H20N2O3/c20-17(10-18(22)24-13-14-6-2-1-3-7-14)19(23)21-11-15-8-4-5-9-16(15)12-21/h1-9,17H,10-13,20H2. The van der Waals surface area contributed by atoms with Crippen molar-refractivity contribution in [3.63, 3.8) is 0 Å². The number of carbonyl (C=O) groups excluding carboxylic acids is 2. The number of rotatable bonds is 5. The normalized spacial score (nSPS) is 14.1. The van der Waals surface area contributed by atoms with Crippen LogP contribution in [0.1, 0.15) is 23.1 Å². The minimum absolute atomic E-state index is 0.113. The van der Waals surface area contributed by atoms with Gasteiger partial charge in [0.2, 0.25) is 5.91 Å². The zero-order chi connectivity index (χ0) is 16.9. The van der Waals surface area contributed by atoms with Gasteiger partial charge in [-0.1, -0.05) is 54.6 Å². The topological polar surface area (TPSA) is 72.6 Å². The summed E-state index contributed by atoms with van der Waals surface area (Å²) in [6.07, 6.45) is -0.113. The average molecular weight is 324 g/mol. The van der Waals surface area contributed by atoms with Crippen molar-refractivity contribution in [2.45, 2.75) is 32.2 Å². The first-order chi connectivity index (χ1) is 11.6. The molecule has 0 aromatic heterocycles. The predicted octanol–water partition coefficient (Wildman–Crippen LogP) is 1.99. The maximum absolute atomic E-state index is 12.4. The summed E-state index contributed by atoms with van der Waals surface area (Å²) in [7, 11) is 0. The van der Waals surface area contributed by atoms with Crippen molar-refractivity contribution in [2.75, 3.05) is 0 Å². The van der Waals surface area contributed by atoms with Crippen LogP contribution in [-0.4, -0.2) is 22.8 Å². The van der Waals surface area contributed by atoms with Gasteiger partial charge in [0.1, 0.15) is 6.61 Å². The molecule has 24 heavy (non-hydrogen) atoms. The Kier molecular flexibility index (Phi) is 4.91. The molecule has 0 spiro atoms. The third-order valence-corrected chi connectivity index (χ3v) is 4.10. The van der Waals surface area contributed by atoms with Gasteiger partial charge < -0.3 is 15.4 Å². The summed E-state index contributed by atoms with van der Waals surface area (Å²) in [5.41, 5.74) is 9.07. The minimum atomic E-state index is -0.873. The van der Waals surface area contributed by atoms with Crippen molar-refractivity contribution in [3.8, 4) is 0 Å². The van der Waals surface area contributed by atoms with Crippen molar-refractivity contribution >= 4 is 11.9 Å². The molecule has 1 heterocycles. The Hall–Kier alpha value is -2.66. The van der Waals surface area contributed by atoms with E-state index in [9.17, 15) is 9.59 Å². The number of hydrogen-bond acceptors (Lipinski definition) is 4. The second-order valence-electron chi connectivity index (χ2n) is 5.92. The minimum Gasteiger partial charge on any atom is -0.461 e. The summed E-state index contributed by atoms with van der Waals surface area (Å²) in [6, 6.07) is 16.4. The number of esters is 1. The monoisotopic (exact) mass is 324 g/mol. The highest BCUT2D eigenvalue weighted by Gasteiger charge is 2.28. The summed E-state index contributed by atoms with van der Waals surface area (Å²) in [6.45, 7) is 1.28. The Morgan fingerprint density at radius 1 is 1.00 bits per heavy atom. The van der Waals surface area contributed by atoms with Gasteiger partial charge in [-0.15, -0.1) is 0 Å². The van der Waals surface area contributed by atoms with Crippen molar-refractivity contribution < 1.29 is 14.3 Å². The Bertz CT molecular complexity index is 705. The molecule has 0 fully saturated rings. The molecule has 2 N–H and O–H groups in total. The van der Waals surface area contributed by atoms with Crippen LogP contribution in [0, 0.1) is 0 Å². The van der Waals surface area contributed by atoms with E-state index in [0.717, 1.165) is 16.7 Å². The van der Waals surface area contributed by atoms with E-state index in [-0.39, 0.29) is 18.9 Å². The fourth-order valence-electron chi connectivity index (χ4n) is 2.79. The molecule has 1 aliphatic rings.